The van der Waals surface area contributed by atoms with Gasteiger partial charge in [-0.1, -0.05) is 25.5 Å². The van der Waals surface area contributed by atoms with E-state index in [1.807, 2.05) is 39.8 Å². The smallest absolute Gasteiger partial charge is 0.212 e. The zero-order chi connectivity index (χ0) is 13.8. The minimum atomic E-state index is 0. The molecular formula is C14H28N2O2. The number of nitrogens with zero attached hydrogens (tertiary/aromatic N) is 1. The largest absolute Gasteiger partial charge is 0.476 e. The molecule has 1 fully saturated rings. The number of allylic oxidation sites excluding steroid dienone is 3. The van der Waals surface area contributed by atoms with Gasteiger partial charge in [0, 0.05) is 14.0 Å². The molecule has 0 aliphatic carbocycles. The van der Waals surface area contributed by atoms with Crippen molar-refractivity contribution in [3.05, 3.63) is 23.6 Å². The van der Waals surface area contributed by atoms with E-state index in [2.05, 4.69) is 17.0 Å². The molecule has 1 aliphatic heterocycles. The van der Waals surface area contributed by atoms with Crippen LogP contribution >= 0.6 is 0 Å². The van der Waals surface area contributed by atoms with Gasteiger partial charge in [0.15, 0.2) is 0 Å². The lowest BCUT2D eigenvalue weighted by Gasteiger charge is -2.23. The van der Waals surface area contributed by atoms with E-state index in [0.29, 0.717) is 19.1 Å². The van der Waals surface area contributed by atoms with E-state index >= 15 is 0 Å². The summed E-state index contributed by atoms with van der Waals surface area (Å²) >= 11 is 0. The van der Waals surface area contributed by atoms with Crippen molar-refractivity contribution < 1.29 is 10.9 Å². The molecule has 0 saturated carbocycles. The number of nitrogens with one attached hydrogen (secondary N) is 1. The van der Waals surface area contributed by atoms with Crippen LogP contribution in [-0.2, 0) is 9.47 Å². The molecule has 0 spiro atoms. The van der Waals surface area contributed by atoms with Crippen molar-refractivity contribution in [3.8, 4) is 0 Å². The summed E-state index contributed by atoms with van der Waals surface area (Å²) in [5.41, 5.74) is 1.11. The normalized spacial score (nSPS) is 20.8. The second kappa shape index (κ2) is 11.0. The highest BCUT2D eigenvalue weighted by molar-refractivity contribution is 5.29. The molecule has 1 unspecified atom stereocenters. The Hall–Kier alpha value is -1.13. The summed E-state index contributed by atoms with van der Waals surface area (Å²) < 4.78 is 10.9. The van der Waals surface area contributed by atoms with Gasteiger partial charge in [-0.3, -0.25) is 0 Å². The summed E-state index contributed by atoms with van der Waals surface area (Å²) in [5.74, 6) is 0.558. The minimum absolute atomic E-state index is 0. The van der Waals surface area contributed by atoms with Crippen molar-refractivity contribution in [1.29, 1.82) is 0 Å². The van der Waals surface area contributed by atoms with Gasteiger partial charge in [0.25, 0.3) is 0 Å². The number of aliphatic imine (C=N–C) groups is 1. The van der Waals surface area contributed by atoms with E-state index < -0.39 is 0 Å². The van der Waals surface area contributed by atoms with Gasteiger partial charge in [-0.05, 0) is 20.6 Å². The maximum Gasteiger partial charge on any atom is 0.212 e. The summed E-state index contributed by atoms with van der Waals surface area (Å²) in [6, 6.07) is 0.241. The molecule has 0 aromatic heterocycles. The van der Waals surface area contributed by atoms with Gasteiger partial charge in [0.2, 0.25) is 5.88 Å². The van der Waals surface area contributed by atoms with E-state index in [-0.39, 0.29) is 7.47 Å². The Labute approximate surface area is 112 Å². The van der Waals surface area contributed by atoms with Gasteiger partial charge in [0.05, 0.1) is 19.3 Å². The molecule has 0 amide bonds. The molecule has 0 aromatic rings. The molecule has 1 rings (SSSR count). The molecule has 1 heterocycles. The van der Waals surface area contributed by atoms with Crippen molar-refractivity contribution in [2.75, 3.05) is 26.4 Å². The van der Waals surface area contributed by atoms with E-state index in [1.54, 1.807) is 0 Å². The first-order chi connectivity index (χ1) is 8.76. The Morgan fingerprint density at radius 2 is 2.33 bits per heavy atom. The number of rotatable bonds is 5. The second-order valence-corrected chi connectivity index (χ2v) is 3.71. The van der Waals surface area contributed by atoms with Crippen molar-refractivity contribution in [2.45, 2.75) is 33.7 Å². The predicted octanol–water partition coefficient (Wildman–Crippen LogP) is 2.77. The first-order valence-corrected chi connectivity index (χ1v) is 6.51. The van der Waals surface area contributed by atoms with Crippen molar-refractivity contribution in [1.82, 2.24) is 5.32 Å². The average Bonchev–Trinajstić information content (AvgIpc) is 2.46. The van der Waals surface area contributed by atoms with Gasteiger partial charge >= 0.3 is 0 Å². The first kappa shape index (κ1) is 16.9. The first-order valence-electron chi connectivity index (χ1n) is 6.51. The summed E-state index contributed by atoms with van der Waals surface area (Å²) in [7, 11) is 0. The maximum absolute atomic E-state index is 5.55. The van der Waals surface area contributed by atoms with Crippen LogP contribution in [0.3, 0.4) is 0 Å². The Morgan fingerprint density at radius 1 is 1.61 bits per heavy atom. The Bertz CT molecular complexity index is 285. The number of ether oxygens (including phenoxy) is 2. The zero-order valence-electron chi connectivity index (χ0n) is 12.0. The van der Waals surface area contributed by atoms with Crippen LogP contribution in [0.2, 0.25) is 0 Å². The third-order valence-electron chi connectivity index (χ3n) is 2.39. The molecule has 4 nitrogen and oxygen atoms in total. The molecule has 1 N–H and O–H groups in total. The van der Waals surface area contributed by atoms with Crippen LogP contribution in [0, 0.1) is 0 Å². The fourth-order valence-electron chi connectivity index (χ4n) is 1.32. The molecule has 1 aliphatic rings. The minimum Gasteiger partial charge on any atom is -0.476 e. The quantitative estimate of drug-likeness (QED) is 0.467. The molecule has 106 valence electrons. The molecule has 1 atom stereocenters. The maximum atomic E-state index is 5.55. The monoisotopic (exact) mass is 256 g/mol. The van der Waals surface area contributed by atoms with Gasteiger partial charge in [-0.25, -0.2) is 4.99 Å². The van der Waals surface area contributed by atoms with Crippen molar-refractivity contribution in [3.63, 3.8) is 0 Å². The van der Waals surface area contributed by atoms with Crippen LogP contribution in [0.4, 0.5) is 0 Å². The van der Waals surface area contributed by atoms with E-state index in [9.17, 15) is 0 Å². The van der Waals surface area contributed by atoms with E-state index in [0.717, 1.165) is 18.7 Å². The number of hydrogen-bond acceptors (Lipinski definition) is 4. The number of hydrogen-bond donors (Lipinski definition) is 1. The van der Waals surface area contributed by atoms with Crippen LogP contribution < -0.4 is 5.32 Å². The van der Waals surface area contributed by atoms with E-state index in [4.69, 9.17) is 9.47 Å². The van der Waals surface area contributed by atoms with Gasteiger partial charge in [0.1, 0.15) is 6.61 Å². The Morgan fingerprint density at radius 3 is 2.83 bits per heavy atom. The molecule has 18 heavy (non-hydrogen) atoms. The summed E-state index contributed by atoms with van der Waals surface area (Å²) in [6.45, 7) is 14.4. The van der Waals surface area contributed by atoms with Crippen molar-refractivity contribution >= 4 is 6.72 Å². The molecular weight excluding hydrogens is 228 g/mol. The van der Waals surface area contributed by atoms with Crippen molar-refractivity contribution in [2.24, 2.45) is 4.99 Å². The second-order valence-electron chi connectivity index (χ2n) is 3.71. The van der Waals surface area contributed by atoms with Crippen LogP contribution in [-0.4, -0.2) is 39.1 Å². The molecule has 1 saturated heterocycles. The van der Waals surface area contributed by atoms with Gasteiger partial charge in [-0.15, -0.1) is 0 Å². The van der Waals surface area contributed by atoms with Gasteiger partial charge < -0.3 is 14.8 Å². The van der Waals surface area contributed by atoms with Crippen LogP contribution in [0.25, 0.3) is 0 Å². The van der Waals surface area contributed by atoms with Crippen LogP contribution in [0.5, 0.6) is 0 Å². The SMILES string of the molecule is C=N/C(=C\C(C)=C/C)OCC1COCCN1.CC.[HH]. The molecule has 0 aromatic carbocycles. The topological polar surface area (TPSA) is 42.9 Å². The summed E-state index contributed by atoms with van der Waals surface area (Å²) in [6.07, 6.45) is 3.87. The average molecular weight is 256 g/mol. The Kier molecular flexibility index (Phi) is 10.3. The van der Waals surface area contributed by atoms with Gasteiger partial charge in [-0.2, -0.15) is 0 Å². The lowest BCUT2D eigenvalue weighted by Crippen LogP contribution is -2.44. The highest BCUT2D eigenvalue weighted by Crippen LogP contribution is 2.06. The third-order valence-corrected chi connectivity index (χ3v) is 2.39. The molecule has 4 heteroatoms. The lowest BCUT2D eigenvalue weighted by atomic mass is 10.3. The molecule has 0 bridgehead atoms. The standard InChI is InChI=1S/C12H20N2O2.C2H6.H2/c1-4-10(2)7-12(13-3)16-9-11-8-15-6-5-14-11;1-2;/h4,7,11,14H,3,5-6,8-9H2,1-2H3;1-2H3;1H/b10-4-,12-7+;;. The third kappa shape index (κ3) is 7.25. The lowest BCUT2D eigenvalue weighted by molar-refractivity contribution is 0.0461. The van der Waals surface area contributed by atoms with E-state index in [1.165, 1.54) is 0 Å². The highest BCUT2D eigenvalue weighted by Gasteiger charge is 2.13. The fraction of sp³-hybridized carbons (Fsp3) is 0.643. The highest BCUT2D eigenvalue weighted by atomic mass is 16.5. The zero-order valence-corrected chi connectivity index (χ0v) is 12.0. The van der Waals surface area contributed by atoms with Crippen LogP contribution in [0.1, 0.15) is 29.1 Å². The summed E-state index contributed by atoms with van der Waals surface area (Å²) in [4.78, 5) is 3.84. The Balaban J connectivity index is 0. The predicted molar refractivity (Wildman–Crippen MR) is 79.1 cm³/mol. The molecule has 0 radical (unpaired) electrons. The number of morpholine rings is 1. The van der Waals surface area contributed by atoms with Crippen LogP contribution in [0.15, 0.2) is 28.6 Å². The fourth-order valence-corrected chi connectivity index (χ4v) is 1.32. The summed E-state index contributed by atoms with van der Waals surface area (Å²) in [5, 5.41) is 3.31.